The molecule has 0 N–H and O–H groups in total. The van der Waals surface area contributed by atoms with Crippen molar-refractivity contribution in [3.05, 3.63) is 51.5 Å². The number of aryl methyl sites for hydroxylation is 1. The van der Waals surface area contributed by atoms with Crippen molar-refractivity contribution in [3.8, 4) is 0 Å². The Bertz CT molecular complexity index is 548. The zero-order valence-electron chi connectivity index (χ0n) is 12.8. The zero-order chi connectivity index (χ0) is 14.5. The summed E-state index contributed by atoms with van der Waals surface area (Å²) >= 11 is 1.85. The summed E-state index contributed by atoms with van der Waals surface area (Å²) in [6.07, 6.45) is 3.81. The molecule has 4 heteroatoms. The van der Waals surface area contributed by atoms with Crippen LogP contribution in [0.4, 0.5) is 0 Å². The molecule has 0 fully saturated rings. The SMILES string of the molecule is Cc1cnccc1CN(C)Cc1cc(CN(C)C)cs1. The lowest BCUT2D eigenvalue weighted by molar-refractivity contribution is 0.321. The Morgan fingerprint density at radius 3 is 2.65 bits per heavy atom. The van der Waals surface area contributed by atoms with E-state index in [1.165, 1.54) is 21.6 Å². The van der Waals surface area contributed by atoms with Gasteiger partial charge < -0.3 is 4.90 Å². The number of pyridine rings is 1. The average Bonchev–Trinajstić information content (AvgIpc) is 2.78. The molecule has 2 aromatic rings. The Morgan fingerprint density at radius 1 is 1.15 bits per heavy atom. The van der Waals surface area contributed by atoms with Gasteiger partial charge in [-0.1, -0.05) is 0 Å². The highest BCUT2D eigenvalue weighted by atomic mass is 32.1. The van der Waals surface area contributed by atoms with Gasteiger partial charge in [0.25, 0.3) is 0 Å². The van der Waals surface area contributed by atoms with Crippen molar-refractivity contribution in [2.75, 3.05) is 21.1 Å². The second kappa shape index (κ2) is 6.97. The maximum atomic E-state index is 4.15. The van der Waals surface area contributed by atoms with E-state index in [2.05, 4.69) is 60.4 Å². The monoisotopic (exact) mass is 289 g/mol. The highest BCUT2D eigenvalue weighted by Crippen LogP contribution is 2.18. The van der Waals surface area contributed by atoms with Crippen LogP contribution in [0, 0.1) is 6.92 Å². The number of thiophene rings is 1. The molecule has 0 bridgehead atoms. The maximum Gasteiger partial charge on any atom is 0.0328 e. The lowest BCUT2D eigenvalue weighted by atomic mass is 10.1. The summed E-state index contributed by atoms with van der Waals surface area (Å²) in [5.74, 6) is 0. The normalized spacial score (nSPS) is 11.5. The smallest absolute Gasteiger partial charge is 0.0328 e. The number of aromatic nitrogens is 1. The van der Waals surface area contributed by atoms with E-state index < -0.39 is 0 Å². The molecule has 2 heterocycles. The van der Waals surface area contributed by atoms with E-state index in [1.807, 2.05) is 23.7 Å². The second-order valence-corrected chi connectivity index (χ2v) is 6.63. The average molecular weight is 289 g/mol. The summed E-state index contributed by atoms with van der Waals surface area (Å²) < 4.78 is 0. The first kappa shape index (κ1) is 15.2. The van der Waals surface area contributed by atoms with Crippen LogP contribution in [0.15, 0.2) is 29.9 Å². The fraction of sp³-hybridized carbons (Fsp3) is 0.438. The van der Waals surface area contributed by atoms with Gasteiger partial charge in [-0.15, -0.1) is 11.3 Å². The first-order valence-electron chi connectivity index (χ1n) is 6.83. The summed E-state index contributed by atoms with van der Waals surface area (Å²) in [5.41, 5.74) is 4.02. The zero-order valence-corrected chi connectivity index (χ0v) is 13.6. The van der Waals surface area contributed by atoms with Gasteiger partial charge in [0.2, 0.25) is 0 Å². The molecular formula is C16H23N3S. The van der Waals surface area contributed by atoms with Crippen LogP contribution in [-0.4, -0.2) is 35.9 Å². The van der Waals surface area contributed by atoms with Crippen molar-refractivity contribution in [2.45, 2.75) is 26.6 Å². The van der Waals surface area contributed by atoms with Crippen molar-refractivity contribution < 1.29 is 0 Å². The van der Waals surface area contributed by atoms with Crippen molar-refractivity contribution in [3.63, 3.8) is 0 Å². The van der Waals surface area contributed by atoms with Gasteiger partial charge in [0.05, 0.1) is 0 Å². The van der Waals surface area contributed by atoms with E-state index in [-0.39, 0.29) is 0 Å². The Hall–Kier alpha value is -1.23. The minimum atomic E-state index is 0.968. The highest BCUT2D eigenvalue weighted by molar-refractivity contribution is 7.10. The summed E-state index contributed by atoms with van der Waals surface area (Å²) in [7, 11) is 6.39. The second-order valence-electron chi connectivity index (χ2n) is 5.63. The predicted octanol–water partition coefficient (Wildman–Crippen LogP) is 3.15. The molecule has 108 valence electrons. The lowest BCUT2D eigenvalue weighted by Gasteiger charge is -2.16. The van der Waals surface area contributed by atoms with Crippen LogP contribution < -0.4 is 0 Å². The molecule has 0 aliphatic carbocycles. The van der Waals surface area contributed by atoms with Crippen LogP contribution >= 0.6 is 11.3 Å². The molecule has 0 saturated heterocycles. The van der Waals surface area contributed by atoms with Gasteiger partial charge in [-0.05, 0) is 62.3 Å². The fourth-order valence-corrected chi connectivity index (χ4v) is 3.21. The Balaban J connectivity index is 1.93. The molecule has 0 atom stereocenters. The summed E-state index contributed by atoms with van der Waals surface area (Å²) in [5, 5.41) is 2.26. The largest absolute Gasteiger partial charge is 0.305 e. The van der Waals surface area contributed by atoms with E-state index >= 15 is 0 Å². The van der Waals surface area contributed by atoms with Gasteiger partial charge in [0, 0.05) is 36.9 Å². The molecule has 0 spiro atoms. The van der Waals surface area contributed by atoms with Crippen molar-refractivity contribution >= 4 is 11.3 Å². The Labute approximate surface area is 125 Å². The molecule has 20 heavy (non-hydrogen) atoms. The fourth-order valence-electron chi connectivity index (χ4n) is 2.25. The van der Waals surface area contributed by atoms with Crippen LogP contribution in [-0.2, 0) is 19.6 Å². The summed E-state index contributed by atoms with van der Waals surface area (Å²) in [6.45, 7) is 5.11. The summed E-state index contributed by atoms with van der Waals surface area (Å²) in [6, 6.07) is 4.43. The van der Waals surface area contributed by atoms with Crippen molar-refractivity contribution in [2.24, 2.45) is 0 Å². The molecule has 0 aromatic carbocycles. The highest BCUT2D eigenvalue weighted by Gasteiger charge is 2.07. The van der Waals surface area contributed by atoms with Crippen molar-refractivity contribution in [1.29, 1.82) is 0 Å². The molecule has 0 saturated carbocycles. The van der Waals surface area contributed by atoms with Gasteiger partial charge >= 0.3 is 0 Å². The van der Waals surface area contributed by atoms with Crippen LogP contribution in [0.1, 0.15) is 21.6 Å². The maximum absolute atomic E-state index is 4.15. The van der Waals surface area contributed by atoms with Gasteiger partial charge in [0.1, 0.15) is 0 Å². The predicted molar refractivity (Wildman–Crippen MR) is 85.9 cm³/mol. The third-order valence-electron chi connectivity index (χ3n) is 3.21. The third kappa shape index (κ3) is 4.40. The van der Waals surface area contributed by atoms with Crippen LogP contribution in [0.2, 0.25) is 0 Å². The molecule has 2 aromatic heterocycles. The van der Waals surface area contributed by atoms with E-state index in [1.54, 1.807) is 0 Å². The number of hydrogen-bond donors (Lipinski definition) is 0. The van der Waals surface area contributed by atoms with E-state index in [0.29, 0.717) is 0 Å². The minimum absolute atomic E-state index is 0.968. The van der Waals surface area contributed by atoms with Gasteiger partial charge in [0.15, 0.2) is 0 Å². The molecule has 0 radical (unpaired) electrons. The van der Waals surface area contributed by atoms with E-state index in [0.717, 1.165) is 19.6 Å². The van der Waals surface area contributed by atoms with E-state index in [9.17, 15) is 0 Å². The number of hydrogen-bond acceptors (Lipinski definition) is 4. The molecule has 0 amide bonds. The Morgan fingerprint density at radius 2 is 1.95 bits per heavy atom. The van der Waals surface area contributed by atoms with Gasteiger partial charge in [-0.3, -0.25) is 9.88 Å². The number of nitrogens with zero attached hydrogens (tertiary/aromatic N) is 3. The van der Waals surface area contributed by atoms with Gasteiger partial charge in [-0.25, -0.2) is 0 Å². The minimum Gasteiger partial charge on any atom is -0.305 e. The molecule has 2 rings (SSSR count). The topological polar surface area (TPSA) is 19.4 Å². The Kier molecular flexibility index (Phi) is 5.29. The van der Waals surface area contributed by atoms with E-state index in [4.69, 9.17) is 0 Å². The molecule has 0 unspecified atom stereocenters. The molecule has 0 aliphatic rings. The van der Waals surface area contributed by atoms with Crippen LogP contribution in [0.25, 0.3) is 0 Å². The quantitative estimate of drug-likeness (QED) is 0.814. The lowest BCUT2D eigenvalue weighted by Crippen LogP contribution is -2.17. The van der Waals surface area contributed by atoms with Crippen LogP contribution in [0.5, 0.6) is 0 Å². The third-order valence-corrected chi connectivity index (χ3v) is 4.18. The van der Waals surface area contributed by atoms with Crippen LogP contribution in [0.3, 0.4) is 0 Å². The first-order chi connectivity index (χ1) is 9.54. The summed E-state index contributed by atoms with van der Waals surface area (Å²) in [4.78, 5) is 10.1. The van der Waals surface area contributed by atoms with Gasteiger partial charge in [-0.2, -0.15) is 0 Å². The van der Waals surface area contributed by atoms with Crippen molar-refractivity contribution in [1.82, 2.24) is 14.8 Å². The molecule has 3 nitrogen and oxygen atoms in total. The first-order valence-corrected chi connectivity index (χ1v) is 7.71. The number of rotatable bonds is 6. The molecular weight excluding hydrogens is 266 g/mol. The standard InChI is InChI=1S/C16H23N3S/c1-13-8-17-6-5-15(13)10-19(4)11-16-7-14(12-20-16)9-18(2)3/h5-8,12H,9-11H2,1-4H3. The molecule has 0 aliphatic heterocycles.